The van der Waals surface area contributed by atoms with Gasteiger partial charge >= 0.3 is 0 Å². The first-order chi connectivity index (χ1) is 9.89. The Bertz CT molecular complexity index is 353. The standard InChI is InChI=1S/C18H34N2O/c1-17(2,3)14-9-5-6-10-15(14)20-16(21)18(13-19)11-7-4-8-12-18/h14-15H,4-13,19H2,1-3H3,(H,20,21). The number of nitrogens with one attached hydrogen (secondary N) is 1. The lowest BCUT2D eigenvalue weighted by Gasteiger charge is -2.43. The number of carbonyl (C=O) groups is 1. The van der Waals surface area contributed by atoms with Crippen LogP contribution in [-0.4, -0.2) is 18.5 Å². The molecule has 2 aliphatic rings. The highest BCUT2D eigenvalue weighted by Crippen LogP contribution is 2.40. The smallest absolute Gasteiger partial charge is 0.227 e. The van der Waals surface area contributed by atoms with E-state index in [0.29, 0.717) is 18.5 Å². The van der Waals surface area contributed by atoms with Gasteiger partial charge in [0.15, 0.2) is 0 Å². The van der Waals surface area contributed by atoms with Crippen LogP contribution in [0.15, 0.2) is 0 Å². The first kappa shape index (κ1) is 16.8. The Kier molecular flexibility index (Phi) is 5.34. The van der Waals surface area contributed by atoms with Crippen LogP contribution in [0.3, 0.4) is 0 Å². The lowest BCUT2D eigenvalue weighted by molar-refractivity contribution is -0.134. The SMILES string of the molecule is CC(C)(C)C1CCCCC1NC(=O)C1(CN)CCCCC1. The number of nitrogens with two attached hydrogens (primary N) is 1. The lowest BCUT2D eigenvalue weighted by Crippen LogP contribution is -2.54. The van der Waals surface area contributed by atoms with Crippen LogP contribution in [0.1, 0.15) is 78.6 Å². The van der Waals surface area contributed by atoms with Crippen LogP contribution < -0.4 is 11.1 Å². The van der Waals surface area contributed by atoms with E-state index in [9.17, 15) is 4.79 Å². The van der Waals surface area contributed by atoms with Crippen molar-refractivity contribution >= 4 is 5.91 Å². The molecule has 0 spiro atoms. The summed E-state index contributed by atoms with van der Waals surface area (Å²) >= 11 is 0. The molecule has 3 nitrogen and oxygen atoms in total. The van der Waals surface area contributed by atoms with Gasteiger partial charge in [-0.2, -0.15) is 0 Å². The Morgan fingerprint density at radius 3 is 2.29 bits per heavy atom. The third kappa shape index (κ3) is 3.80. The van der Waals surface area contributed by atoms with Crippen molar-refractivity contribution in [3.05, 3.63) is 0 Å². The molecule has 0 radical (unpaired) electrons. The molecule has 21 heavy (non-hydrogen) atoms. The van der Waals surface area contributed by atoms with Crippen molar-refractivity contribution in [1.82, 2.24) is 5.32 Å². The van der Waals surface area contributed by atoms with E-state index in [0.717, 1.165) is 32.1 Å². The second kappa shape index (κ2) is 6.68. The topological polar surface area (TPSA) is 55.1 Å². The van der Waals surface area contributed by atoms with E-state index in [-0.39, 0.29) is 16.7 Å². The van der Waals surface area contributed by atoms with Crippen molar-refractivity contribution in [3.8, 4) is 0 Å². The van der Waals surface area contributed by atoms with E-state index < -0.39 is 0 Å². The molecule has 122 valence electrons. The predicted octanol–water partition coefficient (Wildman–Crippen LogP) is 3.62. The minimum atomic E-state index is -0.280. The van der Waals surface area contributed by atoms with E-state index in [1.54, 1.807) is 0 Å². The van der Waals surface area contributed by atoms with Gasteiger partial charge in [0.1, 0.15) is 0 Å². The van der Waals surface area contributed by atoms with Crippen LogP contribution >= 0.6 is 0 Å². The Morgan fingerprint density at radius 1 is 1.10 bits per heavy atom. The normalized spacial score (nSPS) is 29.9. The van der Waals surface area contributed by atoms with Crippen LogP contribution in [-0.2, 0) is 4.79 Å². The zero-order chi connectivity index (χ0) is 15.5. The van der Waals surface area contributed by atoms with Gasteiger partial charge in [0.25, 0.3) is 0 Å². The summed E-state index contributed by atoms with van der Waals surface area (Å²) in [5, 5.41) is 3.42. The molecule has 2 saturated carbocycles. The fourth-order valence-electron chi connectivity index (χ4n) is 4.41. The molecule has 2 rings (SSSR count). The molecular formula is C18H34N2O. The minimum absolute atomic E-state index is 0.242. The van der Waals surface area contributed by atoms with Gasteiger partial charge in [-0.05, 0) is 37.0 Å². The summed E-state index contributed by atoms with van der Waals surface area (Å²) < 4.78 is 0. The van der Waals surface area contributed by atoms with Crippen LogP contribution in [0, 0.1) is 16.7 Å². The van der Waals surface area contributed by atoms with Crippen molar-refractivity contribution in [1.29, 1.82) is 0 Å². The molecular weight excluding hydrogens is 260 g/mol. The molecule has 2 fully saturated rings. The number of amides is 1. The second-order valence-corrected chi connectivity index (χ2v) is 8.38. The summed E-state index contributed by atoms with van der Waals surface area (Å²) in [4.78, 5) is 12.9. The van der Waals surface area contributed by atoms with Gasteiger partial charge < -0.3 is 11.1 Å². The maximum absolute atomic E-state index is 12.9. The zero-order valence-corrected chi connectivity index (χ0v) is 14.2. The highest BCUT2D eigenvalue weighted by atomic mass is 16.2. The van der Waals surface area contributed by atoms with Crippen molar-refractivity contribution in [2.75, 3.05) is 6.54 Å². The number of rotatable bonds is 3. The molecule has 2 atom stereocenters. The van der Waals surface area contributed by atoms with Crippen LogP contribution in [0.25, 0.3) is 0 Å². The van der Waals surface area contributed by atoms with Crippen LogP contribution in [0.4, 0.5) is 0 Å². The van der Waals surface area contributed by atoms with Gasteiger partial charge in [-0.3, -0.25) is 4.79 Å². The summed E-state index contributed by atoms with van der Waals surface area (Å²) in [6, 6.07) is 0.344. The zero-order valence-electron chi connectivity index (χ0n) is 14.2. The monoisotopic (exact) mass is 294 g/mol. The fourth-order valence-corrected chi connectivity index (χ4v) is 4.41. The van der Waals surface area contributed by atoms with Crippen molar-refractivity contribution in [3.63, 3.8) is 0 Å². The number of hydrogen-bond acceptors (Lipinski definition) is 2. The third-order valence-electron chi connectivity index (χ3n) is 5.88. The van der Waals surface area contributed by atoms with Crippen LogP contribution in [0.5, 0.6) is 0 Å². The average Bonchev–Trinajstić information content (AvgIpc) is 2.47. The molecule has 1 amide bonds. The first-order valence-corrected chi connectivity index (χ1v) is 8.90. The second-order valence-electron chi connectivity index (χ2n) is 8.38. The highest BCUT2D eigenvalue weighted by molar-refractivity contribution is 5.83. The van der Waals surface area contributed by atoms with Gasteiger partial charge in [-0.15, -0.1) is 0 Å². The first-order valence-electron chi connectivity index (χ1n) is 8.90. The molecule has 0 saturated heterocycles. The summed E-state index contributed by atoms with van der Waals surface area (Å²) in [6.07, 6.45) is 10.4. The molecule has 2 aliphatic carbocycles. The van der Waals surface area contributed by atoms with Gasteiger partial charge in [-0.25, -0.2) is 0 Å². The minimum Gasteiger partial charge on any atom is -0.353 e. The average molecular weight is 294 g/mol. The molecule has 0 bridgehead atoms. The van der Waals surface area contributed by atoms with Gasteiger partial charge in [0.05, 0.1) is 5.41 Å². The largest absolute Gasteiger partial charge is 0.353 e. The van der Waals surface area contributed by atoms with Crippen LogP contribution in [0.2, 0.25) is 0 Å². The fraction of sp³-hybridized carbons (Fsp3) is 0.944. The summed E-state index contributed by atoms with van der Waals surface area (Å²) in [5.74, 6) is 0.833. The van der Waals surface area contributed by atoms with E-state index >= 15 is 0 Å². The molecule has 3 heteroatoms. The highest BCUT2D eigenvalue weighted by Gasteiger charge is 2.41. The van der Waals surface area contributed by atoms with Gasteiger partial charge in [0.2, 0.25) is 5.91 Å². The van der Waals surface area contributed by atoms with Gasteiger partial charge in [-0.1, -0.05) is 52.9 Å². The summed E-state index contributed by atoms with van der Waals surface area (Å²) in [6.45, 7) is 7.43. The Balaban J connectivity index is 2.05. The molecule has 0 aromatic carbocycles. The summed E-state index contributed by atoms with van der Waals surface area (Å²) in [5.41, 5.74) is 5.99. The van der Waals surface area contributed by atoms with Crippen molar-refractivity contribution in [2.45, 2.75) is 84.6 Å². The third-order valence-corrected chi connectivity index (χ3v) is 5.88. The van der Waals surface area contributed by atoms with Gasteiger partial charge in [0, 0.05) is 12.6 Å². The molecule has 2 unspecified atom stereocenters. The predicted molar refractivity (Wildman–Crippen MR) is 87.9 cm³/mol. The van der Waals surface area contributed by atoms with E-state index in [4.69, 9.17) is 5.73 Å². The molecule has 0 aliphatic heterocycles. The Labute approximate surface area is 130 Å². The Morgan fingerprint density at radius 2 is 1.71 bits per heavy atom. The molecule has 0 aromatic rings. The maximum Gasteiger partial charge on any atom is 0.227 e. The lowest BCUT2D eigenvalue weighted by atomic mass is 9.68. The molecule has 3 N–H and O–H groups in total. The molecule has 0 heterocycles. The Hall–Kier alpha value is -0.570. The van der Waals surface area contributed by atoms with Crippen molar-refractivity contribution < 1.29 is 4.79 Å². The molecule has 0 aromatic heterocycles. The number of hydrogen-bond donors (Lipinski definition) is 2. The van der Waals surface area contributed by atoms with E-state index in [2.05, 4.69) is 26.1 Å². The van der Waals surface area contributed by atoms with E-state index in [1.165, 1.54) is 25.7 Å². The summed E-state index contributed by atoms with van der Waals surface area (Å²) in [7, 11) is 0. The maximum atomic E-state index is 12.9. The quantitative estimate of drug-likeness (QED) is 0.835. The number of carbonyl (C=O) groups excluding carboxylic acids is 1. The van der Waals surface area contributed by atoms with Crippen molar-refractivity contribution in [2.24, 2.45) is 22.5 Å². The van der Waals surface area contributed by atoms with E-state index in [1.807, 2.05) is 0 Å².